The van der Waals surface area contributed by atoms with Gasteiger partial charge in [0.15, 0.2) is 11.6 Å². The molecule has 4 nitrogen and oxygen atoms in total. The predicted molar refractivity (Wildman–Crippen MR) is 76.7 cm³/mol. The maximum Gasteiger partial charge on any atom is 0.334 e. The zero-order valence-electron chi connectivity index (χ0n) is 11.6. The van der Waals surface area contributed by atoms with Crippen molar-refractivity contribution in [1.82, 2.24) is 0 Å². The molecule has 1 aromatic rings. The van der Waals surface area contributed by atoms with Gasteiger partial charge in [-0.05, 0) is 26.0 Å². The van der Waals surface area contributed by atoms with Crippen LogP contribution in [0.5, 0.6) is 11.5 Å². The number of benzene rings is 1. The predicted octanol–water partition coefficient (Wildman–Crippen LogP) is 3.58. The Hall–Kier alpha value is -1.63. The van der Waals surface area contributed by atoms with Gasteiger partial charge in [-0.1, -0.05) is 15.9 Å². The smallest absolute Gasteiger partial charge is 0.334 e. The second-order valence-corrected chi connectivity index (χ2v) is 4.28. The molecule has 0 bridgehead atoms. The van der Waals surface area contributed by atoms with E-state index in [0.717, 1.165) is 12.1 Å². The van der Waals surface area contributed by atoms with Crippen molar-refractivity contribution in [1.29, 1.82) is 0 Å². The van der Waals surface area contributed by atoms with E-state index >= 15 is 0 Å². The van der Waals surface area contributed by atoms with Crippen molar-refractivity contribution in [3.05, 3.63) is 35.6 Å². The molecule has 0 aromatic heterocycles. The SMILES string of the molecule is CCOC(=O)/C=C(\CBr)Oc1c(F)ccc(OCC)c1F. The molecule has 0 radical (unpaired) electrons. The molecule has 0 unspecified atom stereocenters. The summed E-state index contributed by atoms with van der Waals surface area (Å²) < 4.78 is 42.6. The lowest BCUT2D eigenvalue weighted by molar-refractivity contribution is -0.137. The molecule has 7 heteroatoms. The molecule has 1 rings (SSSR count). The van der Waals surface area contributed by atoms with E-state index < -0.39 is 23.4 Å². The molecule has 116 valence electrons. The summed E-state index contributed by atoms with van der Waals surface area (Å²) in [6.45, 7) is 3.73. The number of hydrogen-bond acceptors (Lipinski definition) is 4. The molecule has 0 spiro atoms. The van der Waals surface area contributed by atoms with Crippen molar-refractivity contribution in [3.63, 3.8) is 0 Å². The van der Waals surface area contributed by atoms with Crippen molar-refractivity contribution >= 4 is 21.9 Å². The topological polar surface area (TPSA) is 44.8 Å². The van der Waals surface area contributed by atoms with Crippen molar-refractivity contribution in [2.45, 2.75) is 13.8 Å². The van der Waals surface area contributed by atoms with Gasteiger partial charge in [-0.3, -0.25) is 0 Å². The first-order valence-corrected chi connectivity index (χ1v) is 7.37. The molecular weight excluding hydrogens is 350 g/mol. The lowest BCUT2D eigenvalue weighted by atomic mass is 10.3. The maximum absolute atomic E-state index is 14.1. The molecular formula is C14H15BrF2O4. The standard InChI is InChI=1S/C14H15BrF2O4/c1-3-19-11-6-5-10(16)14(13(11)17)21-9(8-15)7-12(18)20-4-2/h5-7H,3-4,8H2,1-2H3/b9-7+. The number of allylic oxidation sites excluding steroid dienone is 1. The third-order valence-electron chi connectivity index (χ3n) is 2.24. The van der Waals surface area contributed by atoms with Crippen LogP contribution in [0.25, 0.3) is 0 Å². The number of rotatable bonds is 7. The van der Waals surface area contributed by atoms with Crippen LogP contribution >= 0.6 is 15.9 Å². The zero-order chi connectivity index (χ0) is 15.8. The van der Waals surface area contributed by atoms with E-state index in [4.69, 9.17) is 14.2 Å². The average Bonchev–Trinajstić information content (AvgIpc) is 2.45. The van der Waals surface area contributed by atoms with Crippen molar-refractivity contribution in [2.24, 2.45) is 0 Å². The third-order valence-corrected chi connectivity index (χ3v) is 2.80. The first-order valence-electron chi connectivity index (χ1n) is 6.25. The second-order valence-electron chi connectivity index (χ2n) is 3.72. The largest absolute Gasteiger partial charge is 0.491 e. The molecule has 0 saturated carbocycles. The Kier molecular flexibility index (Phi) is 7.14. The Morgan fingerprint density at radius 2 is 2.00 bits per heavy atom. The van der Waals surface area contributed by atoms with E-state index in [1.54, 1.807) is 13.8 Å². The summed E-state index contributed by atoms with van der Waals surface area (Å²) >= 11 is 3.07. The quantitative estimate of drug-likeness (QED) is 0.321. The minimum absolute atomic E-state index is 0.0138. The summed E-state index contributed by atoms with van der Waals surface area (Å²) in [7, 11) is 0. The van der Waals surface area contributed by atoms with Gasteiger partial charge in [0.1, 0.15) is 5.76 Å². The lowest BCUT2D eigenvalue weighted by Crippen LogP contribution is -2.07. The Morgan fingerprint density at radius 1 is 1.29 bits per heavy atom. The van der Waals surface area contributed by atoms with Gasteiger partial charge in [0.05, 0.1) is 24.6 Å². The van der Waals surface area contributed by atoms with Crippen LogP contribution in [-0.2, 0) is 9.53 Å². The Labute approximate surface area is 129 Å². The molecule has 0 aliphatic heterocycles. The van der Waals surface area contributed by atoms with Gasteiger partial charge in [0, 0.05) is 0 Å². The molecule has 0 saturated heterocycles. The van der Waals surface area contributed by atoms with Crippen molar-refractivity contribution in [2.75, 3.05) is 18.5 Å². The van der Waals surface area contributed by atoms with E-state index in [1.165, 1.54) is 6.07 Å². The van der Waals surface area contributed by atoms with Crippen LogP contribution < -0.4 is 9.47 Å². The number of esters is 1. The second kappa shape index (κ2) is 8.61. The lowest BCUT2D eigenvalue weighted by Gasteiger charge is -2.12. The molecule has 0 aliphatic rings. The van der Waals surface area contributed by atoms with Crippen molar-refractivity contribution < 1.29 is 27.8 Å². The molecule has 21 heavy (non-hydrogen) atoms. The molecule has 1 aromatic carbocycles. The Balaban J connectivity index is 3.04. The molecule has 0 atom stereocenters. The summed E-state index contributed by atoms with van der Waals surface area (Å²) in [4.78, 5) is 11.3. The van der Waals surface area contributed by atoms with Crippen LogP contribution in [0.3, 0.4) is 0 Å². The van der Waals surface area contributed by atoms with Gasteiger partial charge in [0.25, 0.3) is 0 Å². The Bertz CT molecular complexity index is 532. The van der Waals surface area contributed by atoms with E-state index in [0.29, 0.717) is 0 Å². The van der Waals surface area contributed by atoms with Crippen LogP contribution in [0.2, 0.25) is 0 Å². The van der Waals surface area contributed by atoms with E-state index in [9.17, 15) is 13.6 Å². The highest BCUT2D eigenvalue weighted by Gasteiger charge is 2.18. The van der Waals surface area contributed by atoms with Gasteiger partial charge in [-0.15, -0.1) is 0 Å². The molecule has 0 aliphatic carbocycles. The fourth-order valence-corrected chi connectivity index (χ4v) is 1.69. The maximum atomic E-state index is 14.1. The third kappa shape index (κ3) is 5.00. The summed E-state index contributed by atoms with van der Waals surface area (Å²) in [6.07, 6.45) is 1.02. The van der Waals surface area contributed by atoms with Crippen LogP contribution in [0, 0.1) is 11.6 Å². The summed E-state index contributed by atoms with van der Waals surface area (Å²) in [5, 5.41) is 0.0869. The highest BCUT2D eigenvalue weighted by Crippen LogP contribution is 2.31. The monoisotopic (exact) mass is 364 g/mol. The summed E-state index contributed by atoms with van der Waals surface area (Å²) in [6, 6.07) is 2.20. The summed E-state index contributed by atoms with van der Waals surface area (Å²) in [5.41, 5.74) is 0. The van der Waals surface area contributed by atoms with E-state index in [2.05, 4.69) is 15.9 Å². The molecule has 0 fully saturated rings. The van der Waals surface area contributed by atoms with Crippen LogP contribution in [0.15, 0.2) is 24.0 Å². The van der Waals surface area contributed by atoms with E-state index in [-0.39, 0.29) is 30.1 Å². The van der Waals surface area contributed by atoms with E-state index in [1.807, 2.05) is 0 Å². The number of carbonyl (C=O) groups is 1. The van der Waals surface area contributed by atoms with Gasteiger partial charge in [-0.25, -0.2) is 9.18 Å². The van der Waals surface area contributed by atoms with Crippen LogP contribution in [0.1, 0.15) is 13.8 Å². The normalized spacial score (nSPS) is 11.2. The van der Waals surface area contributed by atoms with Crippen LogP contribution in [-0.4, -0.2) is 24.5 Å². The average molecular weight is 365 g/mol. The first-order chi connectivity index (χ1) is 10.0. The van der Waals surface area contributed by atoms with Crippen molar-refractivity contribution in [3.8, 4) is 11.5 Å². The van der Waals surface area contributed by atoms with Gasteiger partial charge in [-0.2, -0.15) is 4.39 Å². The fourth-order valence-electron chi connectivity index (χ4n) is 1.42. The highest BCUT2D eigenvalue weighted by molar-refractivity contribution is 9.09. The number of ether oxygens (including phenoxy) is 3. The molecule has 0 amide bonds. The van der Waals surface area contributed by atoms with Crippen LogP contribution in [0.4, 0.5) is 8.78 Å². The van der Waals surface area contributed by atoms with Gasteiger partial charge >= 0.3 is 5.97 Å². The zero-order valence-corrected chi connectivity index (χ0v) is 13.2. The minimum Gasteiger partial charge on any atom is -0.491 e. The number of halogens is 3. The van der Waals surface area contributed by atoms with Gasteiger partial charge in [0.2, 0.25) is 11.6 Å². The highest BCUT2D eigenvalue weighted by atomic mass is 79.9. The first kappa shape index (κ1) is 17.4. The summed E-state index contributed by atoms with van der Waals surface area (Å²) in [5.74, 6) is -3.26. The van der Waals surface area contributed by atoms with Gasteiger partial charge < -0.3 is 14.2 Å². The Morgan fingerprint density at radius 3 is 2.57 bits per heavy atom. The number of carbonyl (C=O) groups excluding carboxylic acids is 1. The molecule has 0 heterocycles. The number of alkyl halides is 1. The molecule has 0 N–H and O–H groups in total. The fraction of sp³-hybridized carbons (Fsp3) is 0.357. The minimum atomic E-state index is -0.965. The number of hydrogen-bond donors (Lipinski definition) is 0.